The molecule has 0 bridgehead atoms. The normalized spacial score (nSPS) is 17.8. The van der Waals surface area contributed by atoms with Crippen molar-refractivity contribution in [1.29, 1.82) is 0 Å². The number of anilines is 1. The molecule has 2 rings (SSSR count). The van der Waals surface area contributed by atoms with E-state index in [0.29, 0.717) is 5.15 Å². The number of hydrogen-bond acceptors (Lipinski definition) is 4. The Morgan fingerprint density at radius 3 is 2.53 bits per heavy atom. The maximum Gasteiger partial charge on any atom is 0.149 e. The van der Waals surface area contributed by atoms with Gasteiger partial charge in [-0.1, -0.05) is 25.4 Å². The SMILES string of the molecule is CC(C)CN1CCN(c2cncc(Cl)n2)CC1. The van der Waals surface area contributed by atoms with Gasteiger partial charge in [0.2, 0.25) is 0 Å². The highest BCUT2D eigenvalue weighted by Crippen LogP contribution is 2.15. The van der Waals surface area contributed by atoms with Crippen molar-refractivity contribution < 1.29 is 0 Å². The van der Waals surface area contributed by atoms with Gasteiger partial charge >= 0.3 is 0 Å². The summed E-state index contributed by atoms with van der Waals surface area (Å²) < 4.78 is 0. The number of piperazine rings is 1. The predicted octanol–water partition coefficient (Wildman–Crippen LogP) is 1.91. The van der Waals surface area contributed by atoms with E-state index >= 15 is 0 Å². The Labute approximate surface area is 108 Å². The molecule has 0 radical (unpaired) electrons. The maximum atomic E-state index is 5.85. The van der Waals surface area contributed by atoms with Crippen molar-refractivity contribution in [3.63, 3.8) is 0 Å². The number of rotatable bonds is 3. The van der Waals surface area contributed by atoms with E-state index in [1.807, 2.05) is 0 Å². The minimum atomic E-state index is 0.465. The van der Waals surface area contributed by atoms with Gasteiger partial charge in [0.1, 0.15) is 11.0 Å². The second-order valence-corrected chi connectivity index (χ2v) is 5.27. The lowest BCUT2D eigenvalue weighted by molar-refractivity contribution is 0.231. The zero-order valence-electron chi connectivity index (χ0n) is 10.4. The van der Waals surface area contributed by atoms with Gasteiger partial charge in [0.25, 0.3) is 0 Å². The van der Waals surface area contributed by atoms with Crippen LogP contribution in [0.1, 0.15) is 13.8 Å². The molecule has 0 aromatic carbocycles. The number of aromatic nitrogens is 2. The molecule has 0 amide bonds. The Morgan fingerprint density at radius 2 is 1.94 bits per heavy atom. The van der Waals surface area contributed by atoms with Crippen molar-refractivity contribution in [1.82, 2.24) is 14.9 Å². The molecule has 1 aromatic rings. The first-order chi connectivity index (χ1) is 8.15. The third-order valence-corrected chi connectivity index (χ3v) is 3.09. The van der Waals surface area contributed by atoms with Crippen molar-refractivity contribution in [2.45, 2.75) is 13.8 Å². The van der Waals surface area contributed by atoms with E-state index in [2.05, 4.69) is 33.6 Å². The van der Waals surface area contributed by atoms with Crippen LogP contribution in [-0.4, -0.2) is 47.6 Å². The Bertz CT molecular complexity index is 361. The van der Waals surface area contributed by atoms with Crippen molar-refractivity contribution in [2.24, 2.45) is 5.92 Å². The van der Waals surface area contributed by atoms with Crippen molar-refractivity contribution >= 4 is 17.4 Å². The summed E-state index contributed by atoms with van der Waals surface area (Å²) in [6.07, 6.45) is 3.35. The molecule has 1 aromatic heterocycles. The molecule has 0 spiro atoms. The molecule has 1 fully saturated rings. The molecular formula is C12H19ClN4. The molecule has 94 valence electrons. The molecule has 0 atom stereocenters. The summed E-state index contributed by atoms with van der Waals surface area (Å²) in [6, 6.07) is 0. The average Bonchev–Trinajstić information content (AvgIpc) is 2.29. The first kappa shape index (κ1) is 12.6. The Balaban J connectivity index is 1.91. The monoisotopic (exact) mass is 254 g/mol. The van der Waals surface area contributed by atoms with E-state index in [1.54, 1.807) is 12.4 Å². The minimum absolute atomic E-state index is 0.465. The summed E-state index contributed by atoms with van der Waals surface area (Å²) in [7, 11) is 0. The van der Waals surface area contributed by atoms with Gasteiger partial charge in [-0.05, 0) is 5.92 Å². The fourth-order valence-electron chi connectivity index (χ4n) is 2.16. The number of hydrogen-bond donors (Lipinski definition) is 0. The second-order valence-electron chi connectivity index (χ2n) is 4.88. The second kappa shape index (κ2) is 5.65. The van der Waals surface area contributed by atoms with E-state index < -0.39 is 0 Å². The van der Waals surface area contributed by atoms with Gasteiger partial charge in [-0.25, -0.2) is 4.98 Å². The van der Waals surface area contributed by atoms with Gasteiger partial charge in [0.05, 0.1) is 12.4 Å². The Kier molecular flexibility index (Phi) is 4.18. The summed E-state index contributed by atoms with van der Waals surface area (Å²) in [4.78, 5) is 13.1. The molecule has 0 unspecified atom stereocenters. The topological polar surface area (TPSA) is 32.3 Å². The van der Waals surface area contributed by atoms with Crippen LogP contribution in [0.25, 0.3) is 0 Å². The molecule has 0 saturated carbocycles. The van der Waals surface area contributed by atoms with Gasteiger partial charge < -0.3 is 4.90 Å². The zero-order chi connectivity index (χ0) is 12.3. The molecule has 0 N–H and O–H groups in total. The third kappa shape index (κ3) is 3.54. The predicted molar refractivity (Wildman–Crippen MR) is 70.5 cm³/mol. The van der Waals surface area contributed by atoms with Crippen LogP contribution < -0.4 is 4.90 Å². The maximum absolute atomic E-state index is 5.85. The highest BCUT2D eigenvalue weighted by Gasteiger charge is 2.18. The summed E-state index contributed by atoms with van der Waals surface area (Å²) >= 11 is 5.85. The molecular weight excluding hydrogens is 236 g/mol. The largest absolute Gasteiger partial charge is 0.353 e. The van der Waals surface area contributed by atoms with Crippen LogP contribution in [0.5, 0.6) is 0 Å². The molecule has 0 aliphatic carbocycles. The molecule has 1 aliphatic heterocycles. The molecule has 4 nitrogen and oxygen atoms in total. The first-order valence-corrected chi connectivity index (χ1v) is 6.48. The quantitative estimate of drug-likeness (QED) is 0.825. The number of nitrogens with zero attached hydrogens (tertiary/aromatic N) is 4. The number of halogens is 1. The molecule has 1 aliphatic rings. The van der Waals surface area contributed by atoms with Crippen LogP contribution in [0.2, 0.25) is 5.15 Å². The average molecular weight is 255 g/mol. The Morgan fingerprint density at radius 1 is 1.24 bits per heavy atom. The first-order valence-electron chi connectivity index (χ1n) is 6.10. The van der Waals surface area contributed by atoms with E-state index in [0.717, 1.165) is 37.9 Å². The molecule has 2 heterocycles. The van der Waals surface area contributed by atoms with Crippen LogP contribution in [0.3, 0.4) is 0 Å². The smallest absolute Gasteiger partial charge is 0.149 e. The summed E-state index contributed by atoms with van der Waals surface area (Å²) in [6.45, 7) is 9.88. The van der Waals surface area contributed by atoms with E-state index in [9.17, 15) is 0 Å². The van der Waals surface area contributed by atoms with E-state index in [1.165, 1.54) is 6.54 Å². The van der Waals surface area contributed by atoms with E-state index in [4.69, 9.17) is 11.6 Å². The van der Waals surface area contributed by atoms with Crippen LogP contribution in [0, 0.1) is 5.92 Å². The molecule has 17 heavy (non-hydrogen) atoms. The fourth-order valence-corrected chi connectivity index (χ4v) is 2.30. The van der Waals surface area contributed by atoms with Crippen molar-refractivity contribution in [2.75, 3.05) is 37.6 Å². The standard InChI is InChI=1S/C12H19ClN4/c1-10(2)9-16-3-5-17(6-4-16)12-8-14-7-11(13)15-12/h7-8,10H,3-6,9H2,1-2H3. The fraction of sp³-hybridized carbons (Fsp3) is 0.667. The van der Waals surface area contributed by atoms with Crippen LogP contribution in [0.4, 0.5) is 5.82 Å². The van der Waals surface area contributed by atoms with Gasteiger partial charge in [0.15, 0.2) is 0 Å². The lowest BCUT2D eigenvalue weighted by Crippen LogP contribution is -2.47. The summed E-state index contributed by atoms with van der Waals surface area (Å²) in [5.41, 5.74) is 0. The zero-order valence-corrected chi connectivity index (χ0v) is 11.2. The summed E-state index contributed by atoms with van der Waals surface area (Å²) in [5.74, 6) is 1.62. The third-order valence-electron chi connectivity index (χ3n) is 2.91. The van der Waals surface area contributed by atoms with Gasteiger partial charge in [-0.15, -0.1) is 0 Å². The van der Waals surface area contributed by atoms with Crippen molar-refractivity contribution in [3.8, 4) is 0 Å². The van der Waals surface area contributed by atoms with E-state index in [-0.39, 0.29) is 0 Å². The highest BCUT2D eigenvalue weighted by atomic mass is 35.5. The Hall–Kier alpha value is -0.870. The van der Waals surface area contributed by atoms with Gasteiger partial charge in [-0.3, -0.25) is 9.88 Å². The van der Waals surface area contributed by atoms with Crippen LogP contribution in [0.15, 0.2) is 12.4 Å². The lowest BCUT2D eigenvalue weighted by atomic mass is 10.2. The minimum Gasteiger partial charge on any atom is -0.353 e. The van der Waals surface area contributed by atoms with Crippen LogP contribution in [-0.2, 0) is 0 Å². The lowest BCUT2D eigenvalue weighted by Gasteiger charge is -2.35. The van der Waals surface area contributed by atoms with Crippen LogP contribution >= 0.6 is 11.6 Å². The molecule has 1 saturated heterocycles. The van der Waals surface area contributed by atoms with Gasteiger partial charge in [0, 0.05) is 32.7 Å². The van der Waals surface area contributed by atoms with Crippen molar-refractivity contribution in [3.05, 3.63) is 17.5 Å². The highest BCUT2D eigenvalue weighted by molar-refractivity contribution is 6.29. The van der Waals surface area contributed by atoms with Gasteiger partial charge in [-0.2, -0.15) is 0 Å². The summed E-state index contributed by atoms with van der Waals surface area (Å²) in [5, 5.41) is 0.465. The molecule has 5 heteroatoms.